The summed E-state index contributed by atoms with van der Waals surface area (Å²) in [5.41, 5.74) is 2.10. The van der Waals surface area contributed by atoms with Crippen LogP contribution in [0.1, 0.15) is 35.0 Å². The number of aromatic nitrogens is 2. The predicted octanol–water partition coefficient (Wildman–Crippen LogP) is 4.25. The largest absolute Gasteiger partial charge is 0.287 e. The molecule has 0 N–H and O–H groups in total. The van der Waals surface area contributed by atoms with E-state index in [4.69, 9.17) is 11.6 Å². The molecule has 0 saturated heterocycles. The average molecular weight is 342 g/mol. The number of nitrogens with zero attached hydrogens (tertiary/aromatic N) is 2. The van der Waals surface area contributed by atoms with Crippen molar-refractivity contribution >= 4 is 33.3 Å². The molecule has 0 aliphatic carbocycles. The maximum absolute atomic E-state index is 12.6. The minimum atomic E-state index is -0.0576. The number of carbonyl (C=O) groups is 1. The van der Waals surface area contributed by atoms with Gasteiger partial charge in [-0.2, -0.15) is 5.10 Å². The number of carbonyl (C=O) groups excluding carboxylic acids is 1. The van der Waals surface area contributed by atoms with E-state index in [0.717, 1.165) is 12.0 Å². The zero-order valence-corrected chi connectivity index (χ0v) is 13.1. The summed E-state index contributed by atoms with van der Waals surface area (Å²) in [5, 5.41) is 4.78. The van der Waals surface area contributed by atoms with Crippen LogP contribution in [0.4, 0.5) is 0 Å². The topological polar surface area (TPSA) is 34.9 Å². The highest BCUT2D eigenvalue weighted by Crippen LogP contribution is 2.23. The van der Waals surface area contributed by atoms with Crippen molar-refractivity contribution in [3.63, 3.8) is 0 Å². The summed E-state index contributed by atoms with van der Waals surface area (Å²) in [6, 6.07) is 5.34. The summed E-state index contributed by atoms with van der Waals surface area (Å²) < 4.78 is 2.44. The molecule has 0 radical (unpaired) electrons. The van der Waals surface area contributed by atoms with Gasteiger partial charge in [0.15, 0.2) is 0 Å². The third kappa shape index (κ3) is 2.90. The van der Waals surface area contributed by atoms with E-state index in [2.05, 4.69) is 28.0 Å². The molecule has 3 nitrogen and oxygen atoms in total. The van der Waals surface area contributed by atoms with Crippen LogP contribution in [0.25, 0.3) is 0 Å². The molecule has 2 rings (SSSR count). The zero-order valence-electron chi connectivity index (χ0n) is 10.8. The van der Waals surface area contributed by atoms with E-state index < -0.39 is 0 Å². The van der Waals surface area contributed by atoms with Crippen LogP contribution in [0.3, 0.4) is 0 Å². The molecule has 0 atom stereocenters. The Morgan fingerprint density at radius 3 is 2.89 bits per heavy atom. The molecule has 0 aliphatic heterocycles. The highest BCUT2D eigenvalue weighted by Gasteiger charge is 2.20. The van der Waals surface area contributed by atoms with Crippen LogP contribution >= 0.6 is 27.5 Å². The molecule has 2 aromatic rings. The lowest BCUT2D eigenvalue weighted by Gasteiger charge is -2.08. The molecule has 1 aromatic heterocycles. The number of hydrogen-bond acceptors (Lipinski definition) is 2. The van der Waals surface area contributed by atoms with Gasteiger partial charge < -0.3 is 0 Å². The van der Waals surface area contributed by atoms with Crippen molar-refractivity contribution in [1.29, 1.82) is 0 Å². The molecule has 0 unspecified atom stereocenters. The lowest BCUT2D eigenvalue weighted by Crippen LogP contribution is -2.13. The second-order valence-electron chi connectivity index (χ2n) is 4.35. The Morgan fingerprint density at radius 1 is 1.47 bits per heavy atom. The number of rotatable bonds is 4. The normalized spacial score (nSPS) is 10.7. The van der Waals surface area contributed by atoms with Crippen LogP contribution in [0.2, 0.25) is 5.02 Å². The third-order valence-corrected chi connectivity index (χ3v) is 3.70. The Morgan fingerprint density at radius 2 is 2.21 bits per heavy atom. The molecule has 0 spiro atoms. The summed E-state index contributed by atoms with van der Waals surface area (Å²) in [6.45, 7) is 4.67. The van der Waals surface area contributed by atoms with Crippen molar-refractivity contribution < 1.29 is 4.79 Å². The van der Waals surface area contributed by atoms with Gasteiger partial charge in [-0.05, 0) is 47.0 Å². The molecule has 1 aromatic carbocycles. The standard InChI is InChI=1S/C14H14BrClN2O/c1-3-6-18-13(12(15)8-17-18)14(19)11-7-10(16)5-4-9(11)2/h4-5,7-8H,3,6H2,1-2H3. The molecule has 0 saturated carbocycles. The quantitative estimate of drug-likeness (QED) is 0.779. The summed E-state index contributed by atoms with van der Waals surface area (Å²) in [7, 11) is 0. The van der Waals surface area contributed by atoms with E-state index in [1.54, 1.807) is 23.0 Å². The summed E-state index contributed by atoms with van der Waals surface area (Å²) in [6.07, 6.45) is 2.58. The Hall–Kier alpha value is -1.13. The second-order valence-corrected chi connectivity index (χ2v) is 5.64. The van der Waals surface area contributed by atoms with Crippen molar-refractivity contribution in [2.75, 3.05) is 0 Å². The van der Waals surface area contributed by atoms with Crippen LogP contribution in [0.15, 0.2) is 28.9 Å². The Kier molecular flexibility index (Phi) is 4.42. The number of ketones is 1. The van der Waals surface area contributed by atoms with Gasteiger partial charge in [0, 0.05) is 17.1 Å². The fraction of sp³-hybridized carbons (Fsp3) is 0.286. The average Bonchev–Trinajstić information content (AvgIpc) is 2.73. The van der Waals surface area contributed by atoms with Gasteiger partial charge in [-0.25, -0.2) is 0 Å². The number of hydrogen-bond donors (Lipinski definition) is 0. The van der Waals surface area contributed by atoms with Crippen LogP contribution < -0.4 is 0 Å². The first-order valence-electron chi connectivity index (χ1n) is 6.06. The zero-order chi connectivity index (χ0) is 14.0. The van der Waals surface area contributed by atoms with Crippen molar-refractivity contribution in [2.45, 2.75) is 26.8 Å². The van der Waals surface area contributed by atoms with Gasteiger partial charge in [-0.3, -0.25) is 9.48 Å². The van der Waals surface area contributed by atoms with Crippen LogP contribution in [-0.4, -0.2) is 15.6 Å². The van der Waals surface area contributed by atoms with Gasteiger partial charge in [0.1, 0.15) is 5.69 Å². The molecule has 19 heavy (non-hydrogen) atoms. The Bertz CT molecular complexity index is 622. The van der Waals surface area contributed by atoms with Crippen LogP contribution in [-0.2, 0) is 6.54 Å². The molecule has 100 valence electrons. The van der Waals surface area contributed by atoms with E-state index in [1.165, 1.54) is 0 Å². The van der Waals surface area contributed by atoms with Gasteiger partial charge in [0.05, 0.1) is 10.7 Å². The van der Waals surface area contributed by atoms with Gasteiger partial charge in [0.25, 0.3) is 0 Å². The molecule has 5 heteroatoms. The fourth-order valence-corrected chi connectivity index (χ4v) is 2.58. The molecule has 0 bridgehead atoms. The molecule has 0 amide bonds. The fourth-order valence-electron chi connectivity index (χ4n) is 1.94. The third-order valence-electron chi connectivity index (χ3n) is 2.89. The van der Waals surface area contributed by atoms with Crippen LogP contribution in [0, 0.1) is 6.92 Å². The summed E-state index contributed by atoms with van der Waals surface area (Å²) in [5.74, 6) is -0.0576. The Balaban J connectivity index is 2.49. The van der Waals surface area contributed by atoms with E-state index in [1.807, 2.05) is 13.0 Å². The Labute approximate surface area is 125 Å². The van der Waals surface area contributed by atoms with Gasteiger partial charge in [-0.15, -0.1) is 0 Å². The molecular formula is C14H14BrClN2O. The summed E-state index contributed by atoms with van der Waals surface area (Å²) >= 11 is 9.37. The molecule has 1 heterocycles. The smallest absolute Gasteiger partial charge is 0.212 e. The maximum Gasteiger partial charge on any atom is 0.212 e. The van der Waals surface area contributed by atoms with Gasteiger partial charge in [0.2, 0.25) is 5.78 Å². The second kappa shape index (κ2) is 5.88. The van der Waals surface area contributed by atoms with Crippen molar-refractivity contribution in [1.82, 2.24) is 9.78 Å². The monoisotopic (exact) mass is 340 g/mol. The van der Waals surface area contributed by atoms with Crippen molar-refractivity contribution in [3.8, 4) is 0 Å². The van der Waals surface area contributed by atoms with Crippen molar-refractivity contribution in [2.24, 2.45) is 0 Å². The van der Waals surface area contributed by atoms with Gasteiger partial charge in [-0.1, -0.05) is 24.6 Å². The molecule has 0 aliphatic rings. The first-order valence-corrected chi connectivity index (χ1v) is 7.23. The molecular weight excluding hydrogens is 328 g/mol. The highest BCUT2D eigenvalue weighted by molar-refractivity contribution is 9.10. The number of halogens is 2. The van der Waals surface area contributed by atoms with E-state index in [-0.39, 0.29) is 5.78 Å². The molecule has 0 fully saturated rings. The lowest BCUT2D eigenvalue weighted by molar-refractivity contribution is 0.102. The van der Waals surface area contributed by atoms with E-state index in [0.29, 0.717) is 27.3 Å². The number of benzene rings is 1. The minimum absolute atomic E-state index is 0.0576. The van der Waals surface area contributed by atoms with E-state index in [9.17, 15) is 4.79 Å². The maximum atomic E-state index is 12.6. The van der Waals surface area contributed by atoms with E-state index >= 15 is 0 Å². The summed E-state index contributed by atoms with van der Waals surface area (Å²) in [4.78, 5) is 12.6. The first kappa shape index (κ1) is 14.3. The minimum Gasteiger partial charge on any atom is -0.287 e. The van der Waals surface area contributed by atoms with Gasteiger partial charge >= 0.3 is 0 Å². The SMILES string of the molecule is CCCn1ncc(Br)c1C(=O)c1cc(Cl)ccc1C. The first-order chi connectivity index (χ1) is 9.04. The number of aryl methyl sites for hydroxylation is 2. The van der Waals surface area contributed by atoms with Crippen molar-refractivity contribution in [3.05, 3.63) is 50.7 Å². The lowest BCUT2D eigenvalue weighted by atomic mass is 10.0. The van der Waals surface area contributed by atoms with Crippen LogP contribution in [0.5, 0.6) is 0 Å². The highest BCUT2D eigenvalue weighted by atomic mass is 79.9. The predicted molar refractivity (Wildman–Crippen MR) is 79.8 cm³/mol.